The average Bonchev–Trinajstić information content (AvgIpc) is 2.89. The van der Waals surface area contributed by atoms with Crippen LogP contribution in [-0.2, 0) is 25.6 Å². The number of quaternary nitrogens is 1. The molecule has 24 heavy (non-hydrogen) atoms. The molecule has 0 saturated carbocycles. The molecular weight excluding hydrogens is 308 g/mol. The summed E-state index contributed by atoms with van der Waals surface area (Å²) in [6.45, 7) is 5.62. The van der Waals surface area contributed by atoms with Crippen molar-refractivity contribution >= 4 is 22.8 Å². The number of carbonyl (C=O) groups is 2. The van der Waals surface area contributed by atoms with Crippen LogP contribution in [0.15, 0.2) is 42.6 Å². The van der Waals surface area contributed by atoms with Gasteiger partial charge in [0, 0.05) is 22.7 Å². The molecule has 0 atom stereocenters. The number of para-hydroxylation sites is 1. The maximum atomic E-state index is 12.2. The Kier molecular flexibility index (Phi) is 5.41. The average molecular weight is 331 g/mol. The molecule has 128 valence electrons. The lowest BCUT2D eigenvalue weighted by atomic mass is 10.1. The quantitative estimate of drug-likeness (QED) is 0.366. The van der Waals surface area contributed by atoms with Gasteiger partial charge in [-0.05, 0) is 18.6 Å². The molecule has 0 saturated heterocycles. The maximum absolute atomic E-state index is 12.2. The molecule has 1 aromatic heterocycles. The molecule has 0 unspecified atom stereocenters. The van der Waals surface area contributed by atoms with E-state index in [1.807, 2.05) is 30.5 Å². The number of hydrogen-bond acceptors (Lipinski definition) is 4. The largest absolute Gasteiger partial charge is 0.456 e. The highest BCUT2D eigenvalue weighted by molar-refractivity contribution is 5.87. The van der Waals surface area contributed by atoms with Gasteiger partial charge < -0.3 is 9.72 Å². The Hall–Kier alpha value is -2.60. The van der Waals surface area contributed by atoms with E-state index in [2.05, 4.69) is 11.6 Å². The van der Waals surface area contributed by atoms with Gasteiger partial charge >= 0.3 is 11.9 Å². The molecule has 1 heterocycles. The van der Waals surface area contributed by atoms with Gasteiger partial charge in [-0.1, -0.05) is 24.8 Å². The number of likely N-dealkylation sites (N-methyl/N-ethyl adjacent to an activating group) is 1. The number of rotatable bonds is 7. The maximum Gasteiger partial charge on any atom is 0.371 e. The Morgan fingerprint density at radius 1 is 1.25 bits per heavy atom. The van der Waals surface area contributed by atoms with E-state index in [1.165, 1.54) is 0 Å². The van der Waals surface area contributed by atoms with E-state index >= 15 is 0 Å². The highest BCUT2D eigenvalue weighted by atomic mass is 16.7. The third-order valence-corrected chi connectivity index (χ3v) is 3.57. The number of aromatic nitrogens is 1. The number of aromatic amines is 1. The molecule has 0 radical (unpaired) electrons. The first-order valence-corrected chi connectivity index (χ1v) is 7.71. The van der Waals surface area contributed by atoms with Gasteiger partial charge in [-0.2, -0.15) is 0 Å². The van der Waals surface area contributed by atoms with Crippen molar-refractivity contribution < 1.29 is 23.8 Å². The van der Waals surface area contributed by atoms with E-state index in [9.17, 15) is 9.59 Å². The van der Waals surface area contributed by atoms with Gasteiger partial charge in [0.05, 0.1) is 6.42 Å². The van der Waals surface area contributed by atoms with Crippen molar-refractivity contribution in [3.8, 4) is 0 Å². The smallest absolute Gasteiger partial charge is 0.371 e. The molecule has 2 aromatic rings. The minimum Gasteiger partial charge on any atom is -0.456 e. The number of ether oxygens (including phenoxy) is 1. The number of benzene rings is 1. The van der Waals surface area contributed by atoms with Crippen LogP contribution in [0.1, 0.15) is 12.5 Å². The van der Waals surface area contributed by atoms with Gasteiger partial charge in [-0.25, -0.2) is 9.59 Å². The van der Waals surface area contributed by atoms with Gasteiger partial charge in [0.15, 0.2) is 6.54 Å². The normalized spacial score (nSPS) is 11.3. The minimum absolute atomic E-state index is 0.0232. The van der Waals surface area contributed by atoms with Gasteiger partial charge in [0.25, 0.3) is 0 Å². The number of nitrogens with zero attached hydrogens (tertiary/aromatic N) is 1. The molecule has 0 fully saturated rings. The predicted molar refractivity (Wildman–Crippen MR) is 90.8 cm³/mol. The second kappa shape index (κ2) is 7.31. The van der Waals surface area contributed by atoms with Gasteiger partial charge in [-0.3, -0.25) is 4.84 Å². The van der Waals surface area contributed by atoms with Crippen LogP contribution in [0.5, 0.6) is 0 Å². The lowest BCUT2D eigenvalue weighted by Gasteiger charge is -2.25. The molecule has 1 N–H and O–H groups in total. The van der Waals surface area contributed by atoms with Gasteiger partial charge in [0.2, 0.25) is 0 Å². The zero-order chi connectivity index (χ0) is 17.7. The highest BCUT2D eigenvalue weighted by Crippen LogP contribution is 2.18. The SMILES string of the molecule is C=C(C)C(=O)OCC[N+](C)(C)OC(=O)Cc1c[nH]c2ccccc12. The Balaban J connectivity index is 1.88. The summed E-state index contributed by atoms with van der Waals surface area (Å²) in [5, 5.41) is 1.01. The van der Waals surface area contributed by atoms with E-state index in [4.69, 9.17) is 9.57 Å². The topological polar surface area (TPSA) is 68.4 Å². The number of fused-ring (bicyclic) bond motifs is 1. The third-order valence-electron chi connectivity index (χ3n) is 3.57. The highest BCUT2D eigenvalue weighted by Gasteiger charge is 2.23. The summed E-state index contributed by atoms with van der Waals surface area (Å²) < 4.78 is 5.01. The van der Waals surface area contributed by atoms with Gasteiger partial charge in [0.1, 0.15) is 20.7 Å². The molecular formula is C18H23N2O4+. The summed E-state index contributed by atoms with van der Waals surface area (Å²) in [6, 6.07) is 7.79. The van der Waals surface area contributed by atoms with Crippen LogP contribution in [0.25, 0.3) is 10.9 Å². The number of hydrogen-bond donors (Lipinski definition) is 1. The molecule has 6 heteroatoms. The zero-order valence-electron chi connectivity index (χ0n) is 14.3. The van der Waals surface area contributed by atoms with Gasteiger partial charge in [-0.15, -0.1) is 4.65 Å². The number of esters is 1. The number of hydroxylamine groups is 3. The van der Waals surface area contributed by atoms with Crippen molar-refractivity contribution in [1.82, 2.24) is 4.98 Å². The van der Waals surface area contributed by atoms with E-state index < -0.39 is 5.97 Å². The first kappa shape index (κ1) is 17.7. The van der Waals surface area contributed by atoms with Crippen LogP contribution in [-0.4, -0.2) is 48.8 Å². The lowest BCUT2D eigenvalue weighted by molar-refractivity contribution is -1.06. The van der Waals surface area contributed by atoms with Crippen LogP contribution in [0.2, 0.25) is 0 Å². The molecule has 0 aliphatic rings. The Morgan fingerprint density at radius 3 is 2.67 bits per heavy atom. The molecule has 1 aromatic carbocycles. The minimum atomic E-state index is -0.444. The molecule has 0 aliphatic carbocycles. The van der Waals surface area contributed by atoms with Crippen LogP contribution in [0.3, 0.4) is 0 Å². The molecule has 6 nitrogen and oxygen atoms in total. The van der Waals surface area contributed by atoms with Crippen molar-refractivity contribution in [2.24, 2.45) is 0 Å². The second-order valence-corrected chi connectivity index (χ2v) is 6.21. The van der Waals surface area contributed by atoms with Crippen LogP contribution >= 0.6 is 0 Å². The summed E-state index contributed by atoms with van der Waals surface area (Å²) >= 11 is 0. The van der Waals surface area contributed by atoms with Crippen LogP contribution < -0.4 is 0 Å². The first-order valence-electron chi connectivity index (χ1n) is 7.71. The summed E-state index contributed by atoms with van der Waals surface area (Å²) in [7, 11) is 3.48. The lowest BCUT2D eigenvalue weighted by Crippen LogP contribution is -2.44. The van der Waals surface area contributed by atoms with Crippen LogP contribution in [0.4, 0.5) is 0 Å². The molecule has 0 aliphatic heterocycles. The predicted octanol–water partition coefficient (Wildman–Crippen LogP) is 2.36. The monoisotopic (exact) mass is 331 g/mol. The first-order chi connectivity index (χ1) is 11.3. The van der Waals surface area contributed by atoms with E-state index in [-0.39, 0.29) is 23.6 Å². The fourth-order valence-electron chi connectivity index (χ4n) is 2.27. The standard InChI is InChI=1S/C18H23N2O4/c1-13(2)18(22)23-10-9-20(3,4)24-17(21)11-14-12-19-16-8-6-5-7-15(14)16/h5-8,12,19H,1,9-11H2,2-4H3/q+1. The molecule has 2 rings (SSSR count). The van der Waals surface area contributed by atoms with Crippen molar-refractivity contribution in [2.45, 2.75) is 13.3 Å². The van der Waals surface area contributed by atoms with Crippen molar-refractivity contribution in [3.05, 3.63) is 48.2 Å². The fraction of sp³-hybridized carbons (Fsp3) is 0.333. The second-order valence-electron chi connectivity index (χ2n) is 6.21. The zero-order valence-corrected chi connectivity index (χ0v) is 14.3. The van der Waals surface area contributed by atoms with E-state index in [1.54, 1.807) is 21.0 Å². The number of carbonyl (C=O) groups excluding carboxylic acids is 2. The Morgan fingerprint density at radius 2 is 1.96 bits per heavy atom. The van der Waals surface area contributed by atoms with E-state index in [0.29, 0.717) is 12.1 Å². The summed E-state index contributed by atoms with van der Waals surface area (Å²) in [6.07, 6.45) is 2.00. The number of H-pyrrole nitrogens is 1. The van der Waals surface area contributed by atoms with Crippen molar-refractivity contribution in [1.29, 1.82) is 0 Å². The Labute approximate surface area is 141 Å². The molecule has 0 amide bonds. The van der Waals surface area contributed by atoms with Crippen molar-refractivity contribution in [2.75, 3.05) is 27.2 Å². The summed E-state index contributed by atoms with van der Waals surface area (Å²) in [5.41, 5.74) is 2.22. The van der Waals surface area contributed by atoms with Crippen LogP contribution in [0, 0.1) is 0 Å². The third kappa shape index (κ3) is 4.70. The summed E-state index contributed by atoms with van der Waals surface area (Å²) in [5.74, 6) is -0.781. The molecule has 0 spiro atoms. The molecule has 0 bridgehead atoms. The van der Waals surface area contributed by atoms with Crippen molar-refractivity contribution in [3.63, 3.8) is 0 Å². The fourth-order valence-corrected chi connectivity index (χ4v) is 2.27. The Bertz CT molecular complexity index is 761. The van der Waals surface area contributed by atoms with E-state index in [0.717, 1.165) is 16.5 Å². The number of nitrogens with one attached hydrogen (secondary N) is 1. The summed E-state index contributed by atoms with van der Waals surface area (Å²) in [4.78, 5) is 32.2.